The average molecular weight is 270 g/mol. The van der Waals surface area contributed by atoms with E-state index in [0.29, 0.717) is 5.56 Å². The van der Waals surface area contributed by atoms with Crippen molar-refractivity contribution in [1.29, 1.82) is 0 Å². The molecule has 1 amide bonds. The largest absolute Gasteiger partial charge is 0.320 e. The number of nitrogens with two attached hydrogens (primary N) is 1. The topological polar surface area (TPSA) is 80.9 Å². The Bertz CT molecular complexity index is 674. The lowest BCUT2D eigenvalue weighted by Gasteiger charge is -2.05. The Morgan fingerprint density at radius 2 is 2.20 bits per heavy atom. The lowest BCUT2D eigenvalue weighted by molar-refractivity contribution is 0.102. The summed E-state index contributed by atoms with van der Waals surface area (Å²) in [5.41, 5.74) is 5.94. The lowest BCUT2D eigenvalue weighted by Crippen LogP contribution is -2.16. The van der Waals surface area contributed by atoms with E-state index in [9.17, 15) is 9.18 Å². The first-order valence-corrected chi connectivity index (χ1v) is 5.77. The molecule has 5 nitrogen and oxygen atoms in total. The van der Waals surface area contributed by atoms with Crippen molar-refractivity contribution in [3.8, 4) is 11.8 Å². The van der Waals surface area contributed by atoms with Crippen molar-refractivity contribution in [2.75, 3.05) is 11.9 Å². The van der Waals surface area contributed by atoms with Crippen LogP contribution >= 0.6 is 0 Å². The summed E-state index contributed by atoms with van der Waals surface area (Å²) in [5.74, 6) is 4.73. The van der Waals surface area contributed by atoms with Crippen LogP contribution in [0.15, 0.2) is 36.7 Å². The SMILES string of the molecule is NCC#Cc1cccnc1C(=O)Nc1ccc(F)cn1. The van der Waals surface area contributed by atoms with Gasteiger partial charge in [0.2, 0.25) is 0 Å². The first-order chi connectivity index (χ1) is 9.70. The number of carbonyl (C=O) groups excluding carboxylic acids is 1. The molecule has 0 radical (unpaired) electrons. The number of hydrogen-bond acceptors (Lipinski definition) is 4. The maximum absolute atomic E-state index is 12.7. The van der Waals surface area contributed by atoms with Gasteiger partial charge in [0, 0.05) is 6.20 Å². The molecular formula is C14H11FN4O. The third-order valence-corrected chi connectivity index (χ3v) is 2.32. The van der Waals surface area contributed by atoms with E-state index >= 15 is 0 Å². The van der Waals surface area contributed by atoms with Crippen molar-refractivity contribution < 1.29 is 9.18 Å². The monoisotopic (exact) mass is 270 g/mol. The van der Waals surface area contributed by atoms with Gasteiger partial charge in [-0.2, -0.15) is 0 Å². The van der Waals surface area contributed by atoms with Crippen LogP contribution in [-0.4, -0.2) is 22.4 Å². The third-order valence-electron chi connectivity index (χ3n) is 2.32. The van der Waals surface area contributed by atoms with E-state index in [4.69, 9.17) is 5.73 Å². The van der Waals surface area contributed by atoms with Crippen molar-refractivity contribution in [3.63, 3.8) is 0 Å². The van der Waals surface area contributed by atoms with Crippen LogP contribution in [0.3, 0.4) is 0 Å². The molecule has 0 saturated carbocycles. The van der Waals surface area contributed by atoms with E-state index in [1.165, 1.54) is 18.3 Å². The molecule has 0 spiro atoms. The highest BCUT2D eigenvalue weighted by atomic mass is 19.1. The minimum Gasteiger partial charge on any atom is -0.320 e. The van der Waals surface area contributed by atoms with Gasteiger partial charge in [-0.25, -0.2) is 14.4 Å². The van der Waals surface area contributed by atoms with Crippen molar-refractivity contribution in [2.24, 2.45) is 5.73 Å². The van der Waals surface area contributed by atoms with Crippen molar-refractivity contribution in [3.05, 3.63) is 53.7 Å². The van der Waals surface area contributed by atoms with Crippen LogP contribution in [0.5, 0.6) is 0 Å². The summed E-state index contributed by atoms with van der Waals surface area (Å²) < 4.78 is 12.7. The first-order valence-electron chi connectivity index (χ1n) is 5.77. The normalized spacial score (nSPS) is 9.50. The Morgan fingerprint density at radius 3 is 2.90 bits per heavy atom. The second kappa shape index (κ2) is 6.41. The molecule has 0 saturated heterocycles. The fourth-order valence-electron chi connectivity index (χ4n) is 1.46. The molecular weight excluding hydrogens is 259 g/mol. The predicted octanol–water partition coefficient (Wildman–Crippen LogP) is 1.18. The zero-order chi connectivity index (χ0) is 14.4. The summed E-state index contributed by atoms with van der Waals surface area (Å²) in [6.07, 6.45) is 2.50. The van der Waals surface area contributed by atoms with Gasteiger partial charge in [0.25, 0.3) is 5.91 Å². The Hall–Kier alpha value is -2.78. The highest BCUT2D eigenvalue weighted by molar-refractivity contribution is 6.03. The van der Waals surface area contributed by atoms with Gasteiger partial charge in [-0.1, -0.05) is 11.8 Å². The molecule has 6 heteroatoms. The van der Waals surface area contributed by atoms with Crippen LogP contribution in [0.4, 0.5) is 10.2 Å². The fraction of sp³-hybridized carbons (Fsp3) is 0.0714. The molecule has 0 bridgehead atoms. The smallest absolute Gasteiger partial charge is 0.276 e. The Labute approximate surface area is 115 Å². The molecule has 100 valence electrons. The second-order valence-corrected chi connectivity index (χ2v) is 3.72. The second-order valence-electron chi connectivity index (χ2n) is 3.72. The fourth-order valence-corrected chi connectivity index (χ4v) is 1.46. The van der Waals surface area contributed by atoms with E-state index < -0.39 is 11.7 Å². The molecule has 0 fully saturated rings. The highest BCUT2D eigenvalue weighted by Gasteiger charge is 2.12. The molecule has 0 aliphatic heterocycles. The number of nitrogens with one attached hydrogen (secondary N) is 1. The molecule has 0 atom stereocenters. The third kappa shape index (κ3) is 3.37. The Kier molecular flexibility index (Phi) is 4.37. The summed E-state index contributed by atoms with van der Waals surface area (Å²) in [5, 5.41) is 2.52. The number of hydrogen-bond donors (Lipinski definition) is 2. The van der Waals surface area contributed by atoms with Gasteiger partial charge in [0.05, 0.1) is 18.3 Å². The number of pyridine rings is 2. The molecule has 0 aliphatic rings. The van der Waals surface area contributed by atoms with Gasteiger partial charge in [-0.05, 0) is 24.3 Å². The van der Waals surface area contributed by atoms with Gasteiger partial charge in [0.15, 0.2) is 0 Å². The van der Waals surface area contributed by atoms with Crippen LogP contribution in [-0.2, 0) is 0 Å². The van der Waals surface area contributed by atoms with Crippen LogP contribution < -0.4 is 11.1 Å². The molecule has 2 aromatic heterocycles. The Morgan fingerprint density at radius 1 is 1.35 bits per heavy atom. The average Bonchev–Trinajstić information content (AvgIpc) is 2.47. The van der Waals surface area contributed by atoms with E-state index in [0.717, 1.165) is 6.20 Å². The van der Waals surface area contributed by atoms with Crippen molar-refractivity contribution in [2.45, 2.75) is 0 Å². The number of aromatic nitrogens is 2. The number of rotatable bonds is 2. The summed E-state index contributed by atoms with van der Waals surface area (Å²) >= 11 is 0. The number of nitrogens with zero attached hydrogens (tertiary/aromatic N) is 2. The van der Waals surface area contributed by atoms with Crippen LogP contribution in [0.1, 0.15) is 16.1 Å². The van der Waals surface area contributed by atoms with E-state index in [-0.39, 0.29) is 18.1 Å². The zero-order valence-corrected chi connectivity index (χ0v) is 10.4. The van der Waals surface area contributed by atoms with E-state index in [2.05, 4.69) is 27.1 Å². The molecule has 0 unspecified atom stereocenters. The van der Waals surface area contributed by atoms with Crippen molar-refractivity contribution in [1.82, 2.24) is 9.97 Å². The zero-order valence-electron chi connectivity index (χ0n) is 10.4. The van der Waals surface area contributed by atoms with Gasteiger partial charge in [-0.15, -0.1) is 0 Å². The van der Waals surface area contributed by atoms with E-state index in [1.54, 1.807) is 12.1 Å². The standard InChI is InChI=1S/C14H11FN4O/c15-11-5-6-12(18-9-11)19-14(20)13-10(3-1-7-16)4-2-8-17-13/h2,4-6,8-9H,7,16H2,(H,18,19,20). The van der Waals surface area contributed by atoms with Gasteiger partial charge >= 0.3 is 0 Å². The molecule has 20 heavy (non-hydrogen) atoms. The summed E-state index contributed by atoms with van der Waals surface area (Å²) in [7, 11) is 0. The predicted molar refractivity (Wildman–Crippen MR) is 72.3 cm³/mol. The molecule has 0 aromatic carbocycles. The lowest BCUT2D eigenvalue weighted by atomic mass is 10.2. The molecule has 2 rings (SSSR count). The maximum atomic E-state index is 12.7. The van der Waals surface area contributed by atoms with Crippen LogP contribution in [0.2, 0.25) is 0 Å². The minimum absolute atomic E-state index is 0.166. The van der Waals surface area contributed by atoms with Crippen LogP contribution in [0, 0.1) is 17.7 Å². The summed E-state index contributed by atoms with van der Waals surface area (Å²) in [6, 6.07) is 5.91. The first kappa shape index (κ1) is 13.6. The number of halogens is 1. The number of carbonyl (C=O) groups is 1. The molecule has 3 N–H and O–H groups in total. The highest BCUT2D eigenvalue weighted by Crippen LogP contribution is 2.08. The molecule has 2 aromatic rings. The molecule has 2 heterocycles. The van der Waals surface area contributed by atoms with Gasteiger partial charge in [-0.3, -0.25) is 4.79 Å². The molecule has 0 aliphatic carbocycles. The Balaban J connectivity index is 2.23. The number of amides is 1. The van der Waals surface area contributed by atoms with E-state index in [1.807, 2.05) is 0 Å². The minimum atomic E-state index is -0.477. The van der Waals surface area contributed by atoms with Crippen LogP contribution in [0.25, 0.3) is 0 Å². The quantitative estimate of drug-likeness (QED) is 0.803. The maximum Gasteiger partial charge on any atom is 0.276 e. The van der Waals surface area contributed by atoms with Gasteiger partial charge < -0.3 is 11.1 Å². The summed E-state index contributed by atoms with van der Waals surface area (Å²) in [6.45, 7) is 0.190. The summed E-state index contributed by atoms with van der Waals surface area (Å²) in [4.78, 5) is 19.8. The number of anilines is 1. The van der Waals surface area contributed by atoms with Crippen molar-refractivity contribution >= 4 is 11.7 Å². The van der Waals surface area contributed by atoms with Gasteiger partial charge in [0.1, 0.15) is 17.3 Å².